The summed E-state index contributed by atoms with van der Waals surface area (Å²) >= 11 is 0. The van der Waals surface area contributed by atoms with E-state index in [1.807, 2.05) is 57.2 Å². The van der Waals surface area contributed by atoms with Crippen molar-refractivity contribution in [2.75, 3.05) is 6.61 Å². The van der Waals surface area contributed by atoms with E-state index in [9.17, 15) is 9.90 Å². The minimum Gasteiger partial charge on any atom is -0.494 e. The number of aliphatic carboxylic acids is 1. The first-order valence-electron chi connectivity index (χ1n) is 7.46. The normalized spacial score (nSPS) is 12.0. The Morgan fingerprint density at radius 3 is 2.14 bits per heavy atom. The molecule has 2 rings (SSSR count). The lowest BCUT2D eigenvalue weighted by atomic mass is 9.95. The molecule has 1 atom stereocenters. The summed E-state index contributed by atoms with van der Waals surface area (Å²) < 4.78 is 5.73. The molecule has 116 valence electrons. The highest BCUT2D eigenvalue weighted by Gasteiger charge is 2.19. The third-order valence-electron chi connectivity index (χ3n) is 3.65. The average molecular weight is 298 g/mol. The largest absolute Gasteiger partial charge is 0.494 e. The number of carboxylic acids is 1. The molecular weight excluding hydrogens is 276 g/mol. The molecule has 22 heavy (non-hydrogen) atoms. The van der Waals surface area contributed by atoms with Gasteiger partial charge in [0, 0.05) is 0 Å². The van der Waals surface area contributed by atoms with Crippen molar-refractivity contribution in [2.45, 2.75) is 33.1 Å². The van der Waals surface area contributed by atoms with Crippen molar-refractivity contribution in [3.63, 3.8) is 0 Å². The average Bonchev–Trinajstić information content (AvgIpc) is 2.43. The molecule has 2 aromatic carbocycles. The Morgan fingerprint density at radius 1 is 1.00 bits per heavy atom. The maximum absolute atomic E-state index is 11.5. The van der Waals surface area contributed by atoms with Gasteiger partial charge in [0.05, 0.1) is 12.5 Å². The smallest absolute Gasteiger partial charge is 0.311 e. The van der Waals surface area contributed by atoms with E-state index in [1.54, 1.807) is 0 Å². The maximum Gasteiger partial charge on any atom is 0.311 e. The zero-order chi connectivity index (χ0) is 16.1. The Balaban J connectivity index is 2.00. The van der Waals surface area contributed by atoms with Crippen LogP contribution in [0.25, 0.3) is 0 Å². The van der Waals surface area contributed by atoms with Gasteiger partial charge in [-0.15, -0.1) is 0 Å². The molecule has 0 aromatic heterocycles. The topological polar surface area (TPSA) is 46.5 Å². The summed E-state index contributed by atoms with van der Waals surface area (Å²) in [6.45, 7) is 6.41. The molecule has 0 fully saturated rings. The molecule has 0 spiro atoms. The van der Waals surface area contributed by atoms with Gasteiger partial charge in [0.25, 0.3) is 0 Å². The van der Waals surface area contributed by atoms with Gasteiger partial charge in [-0.1, -0.05) is 35.9 Å². The summed E-state index contributed by atoms with van der Waals surface area (Å²) in [6, 6.07) is 13.7. The number of hydrogen-bond acceptors (Lipinski definition) is 2. The fraction of sp³-hybridized carbons (Fsp3) is 0.316. The summed E-state index contributed by atoms with van der Waals surface area (Å²) in [5, 5.41) is 9.43. The number of hydrogen-bond donors (Lipinski definition) is 1. The number of carbonyl (C=O) groups is 1. The van der Waals surface area contributed by atoms with Crippen LogP contribution in [0.3, 0.4) is 0 Å². The molecule has 1 unspecified atom stereocenters. The van der Waals surface area contributed by atoms with Gasteiger partial charge in [0.2, 0.25) is 0 Å². The summed E-state index contributed by atoms with van der Waals surface area (Å²) in [4.78, 5) is 11.5. The van der Waals surface area contributed by atoms with E-state index in [0.29, 0.717) is 13.0 Å². The number of rotatable bonds is 6. The second kappa shape index (κ2) is 7.12. The Hall–Kier alpha value is -2.29. The van der Waals surface area contributed by atoms with Gasteiger partial charge in [-0.25, -0.2) is 0 Å². The summed E-state index contributed by atoms with van der Waals surface area (Å²) in [5.41, 5.74) is 4.23. The van der Waals surface area contributed by atoms with Crippen molar-refractivity contribution >= 4 is 5.97 Å². The zero-order valence-corrected chi connectivity index (χ0v) is 13.3. The van der Waals surface area contributed by atoms with E-state index in [1.165, 1.54) is 0 Å². The lowest BCUT2D eigenvalue weighted by Gasteiger charge is -2.14. The molecule has 1 N–H and O–H groups in total. The maximum atomic E-state index is 11.5. The van der Waals surface area contributed by atoms with Crippen molar-refractivity contribution < 1.29 is 14.6 Å². The first kappa shape index (κ1) is 16.1. The van der Waals surface area contributed by atoms with Gasteiger partial charge in [-0.2, -0.15) is 0 Å². The first-order valence-corrected chi connectivity index (χ1v) is 7.46. The number of ether oxygens (including phenoxy) is 1. The molecule has 0 bridgehead atoms. The molecule has 2 aromatic rings. The molecule has 0 amide bonds. The van der Waals surface area contributed by atoms with Crippen LogP contribution >= 0.6 is 0 Å². The highest BCUT2D eigenvalue weighted by atomic mass is 16.5. The third kappa shape index (κ3) is 4.35. The minimum absolute atomic E-state index is 0.383. The van der Waals surface area contributed by atoms with Crippen LogP contribution in [0.4, 0.5) is 0 Å². The van der Waals surface area contributed by atoms with Crippen LogP contribution in [0.2, 0.25) is 0 Å². The fourth-order valence-electron chi connectivity index (χ4n) is 2.54. The Morgan fingerprint density at radius 2 is 1.59 bits per heavy atom. The predicted molar refractivity (Wildman–Crippen MR) is 87.6 cm³/mol. The van der Waals surface area contributed by atoms with Gasteiger partial charge in [0.15, 0.2) is 0 Å². The van der Waals surface area contributed by atoms with Gasteiger partial charge in [-0.3, -0.25) is 4.79 Å². The van der Waals surface area contributed by atoms with E-state index in [-0.39, 0.29) is 0 Å². The summed E-state index contributed by atoms with van der Waals surface area (Å²) in [6.07, 6.45) is 0.450. The zero-order valence-electron chi connectivity index (χ0n) is 13.3. The van der Waals surface area contributed by atoms with Crippen molar-refractivity contribution in [1.29, 1.82) is 0 Å². The SMILES string of the molecule is Cc1ccc(C(CCOc2cc(C)cc(C)c2)C(=O)O)cc1. The van der Waals surface area contributed by atoms with Crippen molar-refractivity contribution in [3.8, 4) is 5.75 Å². The van der Waals surface area contributed by atoms with E-state index in [2.05, 4.69) is 6.07 Å². The lowest BCUT2D eigenvalue weighted by molar-refractivity contribution is -0.139. The third-order valence-corrected chi connectivity index (χ3v) is 3.65. The van der Waals surface area contributed by atoms with Crippen molar-refractivity contribution in [2.24, 2.45) is 0 Å². The Kier molecular flexibility index (Phi) is 5.21. The molecule has 0 radical (unpaired) electrons. The number of benzene rings is 2. The minimum atomic E-state index is -0.812. The van der Waals surface area contributed by atoms with E-state index in [4.69, 9.17) is 4.74 Å². The highest BCUT2D eigenvalue weighted by molar-refractivity contribution is 5.76. The molecule has 3 nitrogen and oxygen atoms in total. The van der Waals surface area contributed by atoms with E-state index in [0.717, 1.165) is 28.0 Å². The van der Waals surface area contributed by atoms with Crippen LogP contribution in [0.1, 0.15) is 34.6 Å². The van der Waals surface area contributed by atoms with Crippen LogP contribution in [-0.2, 0) is 4.79 Å². The van der Waals surface area contributed by atoms with Crippen molar-refractivity contribution in [1.82, 2.24) is 0 Å². The first-order chi connectivity index (χ1) is 10.5. The molecule has 0 saturated heterocycles. The standard InChI is InChI=1S/C19H22O3/c1-13-4-6-16(7-5-13)18(19(20)21)8-9-22-17-11-14(2)10-15(3)12-17/h4-7,10-12,18H,8-9H2,1-3H3,(H,20,21). The molecule has 0 aliphatic carbocycles. The van der Waals surface area contributed by atoms with Crippen LogP contribution in [0, 0.1) is 20.8 Å². The summed E-state index contributed by atoms with van der Waals surface area (Å²) in [5.74, 6) is -0.551. The van der Waals surface area contributed by atoms with Crippen molar-refractivity contribution in [3.05, 3.63) is 64.7 Å². The second-order valence-corrected chi connectivity index (χ2v) is 5.76. The van der Waals surface area contributed by atoms with Crippen LogP contribution in [0.5, 0.6) is 5.75 Å². The predicted octanol–water partition coefficient (Wildman–Crippen LogP) is 4.25. The van der Waals surface area contributed by atoms with Gasteiger partial charge in [0.1, 0.15) is 5.75 Å². The molecule has 3 heteroatoms. The van der Waals surface area contributed by atoms with Gasteiger partial charge >= 0.3 is 5.97 Å². The Bertz CT molecular complexity index is 624. The highest BCUT2D eigenvalue weighted by Crippen LogP contribution is 2.22. The summed E-state index contributed by atoms with van der Waals surface area (Å²) in [7, 11) is 0. The quantitative estimate of drug-likeness (QED) is 0.867. The molecule has 0 heterocycles. The van der Waals surface area contributed by atoms with Crippen LogP contribution in [0.15, 0.2) is 42.5 Å². The van der Waals surface area contributed by atoms with Gasteiger partial charge in [-0.05, 0) is 56.0 Å². The molecule has 0 aliphatic rings. The van der Waals surface area contributed by atoms with Crippen LogP contribution in [-0.4, -0.2) is 17.7 Å². The Labute approximate surface area is 131 Å². The molecule has 0 aliphatic heterocycles. The fourth-order valence-corrected chi connectivity index (χ4v) is 2.54. The molecular formula is C19H22O3. The molecule has 0 saturated carbocycles. The number of carboxylic acid groups (broad SMARTS) is 1. The van der Waals surface area contributed by atoms with E-state index < -0.39 is 11.9 Å². The lowest BCUT2D eigenvalue weighted by Crippen LogP contribution is -2.15. The number of aryl methyl sites for hydroxylation is 3. The van der Waals surface area contributed by atoms with E-state index >= 15 is 0 Å². The van der Waals surface area contributed by atoms with Crippen LogP contribution < -0.4 is 4.74 Å². The monoisotopic (exact) mass is 298 g/mol. The second-order valence-electron chi connectivity index (χ2n) is 5.76. The van der Waals surface area contributed by atoms with Gasteiger partial charge < -0.3 is 9.84 Å².